The van der Waals surface area contributed by atoms with Crippen molar-refractivity contribution < 1.29 is 26.9 Å². The van der Waals surface area contributed by atoms with Crippen LogP contribution in [0.1, 0.15) is 22.9 Å². The van der Waals surface area contributed by atoms with Gasteiger partial charge in [0.2, 0.25) is 5.91 Å². The van der Waals surface area contributed by atoms with Gasteiger partial charge in [-0.1, -0.05) is 48.5 Å². The van der Waals surface area contributed by atoms with Crippen molar-refractivity contribution in [1.82, 2.24) is 15.6 Å². The van der Waals surface area contributed by atoms with E-state index in [-0.39, 0.29) is 41.7 Å². The van der Waals surface area contributed by atoms with Crippen molar-refractivity contribution in [2.75, 3.05) is 7.11 Å². The van der Waals surface area contributed by atoms with Crippen LogP contribution in [0.2, 0.25) is 0 Å². The van der Waals surface area contributed by atoms with Gasteiger partial charge in [-0.2, -0.15) is 13.6 Å². The molecule has 0 saturated heterocycles. The van der Waals surface area contributed by atoms with Crippen LogP contribution in [0.25, 0.3) is 9.88 Å². The molecule has 2 atom stereocenters. The number of nitrogens with zero attached hydrogens (tertiary/aromatic N) is 1. The van der Waals surface area contributed by atoms with E-state index < -0.39 is 34.4 Å². The van der Waals surface area contributed by atoms with Gasteiger partial charge in [-0.15, -0.1) is 22.7 Å². The van der Waals surface area contributed by atoms with E-state index in [1.54, 1.807) is 23.5 Å². The van der Waals surface area contributed by atoms with E-state index in [0.29, 0.717) is 12.1 Å². The number of rotatable bonds is 11. The molecule has 0 bridgehead atoms. The number of thiazole rings is 1. The fourth-order valence-corrected chi connectivity index (χ4v) is 5.84. The molecule has 0 spiro atoms. The Hall–Kier alpha value is -2.78. The zero-order valence-corrected chi connectivity index (χ0v) is 23.2. The molecule has 10 nitrogen and oxygen atoms in total. The normalized spacial score (nSPS) is 12.4. The predicted octanol–water partition coefficient (Wildman–Crippen LogP) is 3.17. The Kier molecular flexibility index (Phi) is 11.7. The summed E-state index contributed by atoms with van der Waals surface area (Å²) in [6.07, 6.45) is -0.126. The second kappa shape index (κ2) is 14.7. The fourth-order valence-electron chi connectivity index (χ4n) is 3.77. The Morgan fingerprint density at radius 1 is 0.950 bits per heavy atom. The van der Waals surface area contributed by atoms with Crippen LogP contribution in [0.15, 0.2) is 77.5 Å². The molecule has 2 amide bonds. The number of alkyl carbamates (subject to hydrolysis) is 1. The van der Waals surface area contributed by atoms with Gasteiger partial charge in [-0.3, -0.25) is 4.79 Å². The Labute approximate surface area is 262 Å². The number of nitrogens with two attached hydrogens (primary N) is 1. The van der Waals surface area contributed by atoms with Crippen LogP contribution >= 0.6 is 22.7 Å². The molecule has 0 aliphatic heterocycles. The monoisotopic (exact) mass is 610 g/mol. The predicted molar refractivity (Wildman–Crippen MR) is 157 cm³/mol. The van der Waals surface area contributed by atoms with Crippen molar-refractivity contribution in [1.29, 1.82) is 0 Å². The summed E-state index contributed by atoms with van der Waals surface area (Å²) in [6.45, 7) is 0. The minimum absolute atomic E-state index is 0. The molecule has 2 heterocycles. The van der Waals surface area contributed by atoms with Gasteiger partial charge in [0.1, 0.15) is 16.8 Å². The number of hydrogen-bond donors (Lipinski definition) is 3. The van der Waals surface area contributed by atoms with Crippen molar-refractivity contribution in [2.24, 2.45) is 5.14 Å². The quantitative estimate of drug-likeness (QED) is 0.221. The fraction of sp³-hybridized carbons (Fsp3) is 0.192. The number of thiophene rings is 1. The van der Waals surface area contributed by atoms with Crippen LogP contribution in [-0.4, -0.2) is 68.1 Å². The van der Waals surface area contributed by atoms with Crippen molar-refractivity contribution >= 4 is 74.5 Å². The van der Waals surface area contributed by atoms with Crippen LogP contribution in [-0.2, 0) is 32.7 Å². The molecule has 4 rings (SSSR count). The number of carbonyl (C=O) groups excluding carboxylic acids is 2. The Balaban J connectivity index is 0.00000441. The number of nitrogens with one attached hydrogen (secondary N) is 2. The molecule has 40 heavy (non-hydrogen) atoms. The van der Waals surface area contributed by atoms with E-state index in [1.807, 2.05) is 53.2 Å². The minimum atomic E-state index is -4.15. The summed E-state index contributed by atoms with van der Waals surface area (Å²) in [7, 11) is -2.91. The number of aromatic nitrogens is 1. The molecule has 4 N–H and O–H groups in total. The maximum atomic E-state index is 13.5. The summed E-state index contributed by atoms with van der Waals surface area (Å²) in [5, 5.41) is 15.3. The van der Waals surface area contributed by atoms with Crippen LogP contribution < -0.4 is 20.0 Å². The zero-order valence-electron chi connectivity index (χ0n) is 20.8. The zero-order chi connectivity index (χ0) is 27.8. The van der Waals surface area contributed by atoms with E-state index in [9.17, 15) is 18.0 Å². The van der Waals surface area contributed by atoms with Crippen LogP contribution in [0.5, 0.6) is 5.75 Å². The van der Waals surface area contributed by atoms with E-state index in [0.717, 1.165) is 21.0 Å². The average Bonchev–Trinajstić information content (AvgIpc) is 3.61. The van der Waals surface area contributed by atoms with Gasteiger partial charge >= 0.3 is 46.0 Å². The van der Waals surface area contributed by atoms with Gasteiger partial charge < -0.3 is 19.6 Å². The standard InChI is InChI=1S/C26H26N4O6S3.Na.H/c1-35-26(32)30-21(15-17-6-3-2-4-7-17)24(31)28-20(22-16-38-25(29-22)23-8-5-13-37-23)14-18-9-11-19(12-10-18)36-39(27,33)34;;/h2-13,16,20-21H,14-15H2,1H3,(H,28,31)(H,30,32)(H2,27,33,34);;. The summed E-state index contributed by atoms with van der Waals surface area (Å²) in [4.78, 5) is 31.3. The van der Waals surface area contributed by atoms with Crippen molar-refractivity contribution in [3.63, 3.8) is 0 Å². The third kappa shape index (κ3) is 9.41. The first kappa shape index (κ1) is 31.7. The Bertz CT molecular complexity index is 1500. The number of methoxy groups -OCH3 is 1. The van der Waals surface area contributed by atoms with Gasteiger partial charge in [0.05, 0.1) is 23.7 Å². The molecule has 0 radical (unpaired) electrons. The molecule has 206 valence electrons. The maximum absolute atomic E-state index is 13.5. The summed E-state index contributed by atoms with van der Waals surface area (Å²) >= 11 is 3.03. The Morgan fingerprint density at radius 3 is 2.27 bits per heavy atom. The summed E-state index contributed by atoms with van der Waals surface area (Å²) in [6, 6.07) is 18.1. The number of ether oxygens (including phenoxy) is 1. The van der Waals surface area contributed by atoms with Crippen molar-refractivity contribution in [3.05, 3.63) is 94.3 Å². The van der Waals surface area contributed by atoms with E-state index >= 15 is 0 Å². The second-order valence-corrected chi connectivity index (χ2v) is 11.4. The number of amides is 2. The molecule has 2 unspecified atom stereocenters. The van der Waals surface area contributed by atoms with Crippen LogP contribution in [0.3, 0.4) is 0 Å². The van der Waals surface area contributed by atoms with Gasteiger partial charge in [0, 0.05) is 11.8 Å². The first-order valence-electron chi connectivity index (χ1n) is 11.7. The van der Waals surface area contributed by atoms with Crippen molar-refractivity contribution in [2.45, 2.75) is 24.9 Å². The van der Waals surface area contributed by atoms with Gasteiger partial charge in [-0.25, -0.2) is 9.78 Å². The average molecular weight is 611 g/mol. The first-order chi connectivity index (χ1) is 18.7. The van der Waals surface area contributed by atoms with E-state index in [1.165, 1.54) is 30.6 Å². The van der Waals surface area contributed by atoms with Gasteiger partial charge in [-0.05, 0) is 41.1 Å². The first-order valence-corrected chi connectivity index (χ1v) is 14.9. The molecule has 14 heteroatoms. The number of hydrogen-bond acceptors (Lipinski definition) is 9. The van der Waals surface area contributed by atoms with E-state index in [4.69, 9.17) is 19.0 Å². The third-order valence-electron chi connectivity index (χ3n) is 5.58. The number of carbonyl (C=O) groups is 2. The number of benzene rings is 2. The molecule has 0 fully saturated rings. The molecular weight excluding hydrogens is 583 g/mol. The SMILES string of the molecule is COC(=O)NC(Cc1ccccc1)C(=O)NC(Cc1ccc(OS(N)(=O)=O)cc1)c1csc(-c2cccs2)n1.[NaH]. The molecule has 0 aliphatic carbocycles. The topological polar surface area (TPSA) is 150 Å². The molecule has 0 saturated carbocycles. The molecule has 2 aromatic carbocycles. The summed E-state index contributed by atoms with van der Waals surface area (Å²) < 4.78 is 31.9. The van der Waals surface area contributed by atoms with Crippen molar-refractivity contribution in [3.8, 4) is 15.6 Å². The van der Waals surface area contributed by atoms with Gasteiger partial charge in [0.15, 0.2) is 0 Å². The Morgan fingerprint density at radius 2 is 1.65 bits per heavy atom. The third-order valence-corrected chi connectivity index (χ3v) is 7.90. The van der Waals surface area contributed by atoms with Crippen LogP contribution in [0, 0.1) is 0 Å². The van der Waals surface area contributed by atoms with E-state index in [2.05, 4.69) is 10.6 Å². The molecule has 4 aromatic rings. The second-order valence-electron chi connectivity index (χ2n) is 8.42. The summed E-state index contributed by atoms with van der Waals surface area (Å²) in [5.74, 6) is -0.338. The van der Waals surface area contributed by atoms with Gasteiger partial charge in [0.25, 0.3) is 0 Å². The molecular formula is C26H27N4NaO6S3. The summed E-state index contributed by atoms with van der Waals surface area (Å²) in [5.41, 5.74) is 2.30. The molecule has 2 aromatic heterocycles. The molecule has 0 aliphatic rings. The van der Waals surface area contributed by atoms with Crippen LogP contribution in [0.4, 0.5) is 4.79 Å².